The van der Waals surface area contributed by atoms with E-state index >= 15 is 0 Å². The summed E-state index contributed by atoms with van der Waals surface area (Å²) in [5.74, 6) is 2.65. The van der Waals surface area contributed by atoms with Crippen LogP contribution >= 0.6 is 0 Å². The lowest BCUT2D eigenvalue weighted by molar-refractivity contribution is 0.173. The molecular weight excluding hydrogens is 362 g/mol. The molecule has 4 aromatic rings. The van der Waals surface area contributed by atoms with Crippen molar-refractivity contribution >= 4 is 10.9 Å². The van der Waals surface area contributed by atoms with Gasteiger partial charge in [-0.15, -0.1) is 10.2 Å². The zero-order chi connectivity index (χ0) is 19.6. The third kappa shape index (κ3) is 4.03. The molecule has 1 saturated heterocycles. The second-order valence-corrected chi connectivity index (χ2v) is 7.98. The molecule has 0 unspecified atom stereocenters. The highest BCUT2D eigenvalue weighted by molar-refractivity contribution is 5.85. The van der Waals surface area contributed by atoms with Gasteiger partial charge in [-0.25, -0.2) is 0 Å². The van der Waals surface area contributed by atoms with Gasteiger partial charge in [0.2, 0.25) is 0 Å². The Balaban J connectivity index is 1.19. The van der Waals surface area contributed by atoms with Gasteiger partial charge in [0.15, 0.2) is 5.82 Å². The summed E-state index contributed by atoms with van der Waals surface area (Å²) in [4.78, 5) is 9.13. The molecular formula is C23H25N5O. The number of aromatic hydroxyl groups is 1. The molecule has 0 atom stereocenters. The van der Waals surface area contributed by atoms with Crippen molar-refractivity contribution in [3.63, 3.8) is 0 Å². The van der Waals surface area contributed by atoms with Crippen LogP contribution in [-0.4, -0.2) is 43.3 Å². The smallest absolute Gasteiger partial charge is 0.177 e. The number of aromatic nitrogens is 4. The maximum atomic E-state index is 9.64. The fourth-order valence-electron chi connectivity index (χ4n) is 4.24. The monoisotopic (exact) mass is 387 g/mol. The average molecular weight is 387 g/mol. The lowest BCUT2D eigenvalue weighted by Crippen LogP contribution is -2.34. The molecule has 0 aliphatic carbocycles. The fourth-order valence-corrected chi connectivity index (χ4v) is 4.24. The number of hydrogen-bond donors (Lipinski definition) is 3. The number of benzene rings is 2. The van der Waals surface area contributed by atoms with E-state index in [1.807, 2.05) is 12.1 Å². The molecule has 1 fully saturated rings. The van der Waals surface area contributed by atoms with E-state index in [2.05, 4.69) is 55.4 Å². The number of piperidine rings is 1. The van der Waals surface area contributed by atoms with Gasteiger partial charge in [0.1, 0.15) is 11.6 Å². The van der Waals surface area contributed by atoms with Crippen LogP contribution in [0.2, 0.25) is 0 Å². The minimum absolute atomic E-state index is 0.261. The molecule has 0 saturated carbocycles. The summed E-state index contributed by atoms with van der Waals surface area (Å²) in [5.41, 5.74) is 3.29. The van der Waals surface area contributed by atoms with Crippen LogP contribution in [0.1, 0.15) is 24.2 Å². The van der Waals surface area contributed by atoms with Crippen molar-refractivity contribution in [1.29, 1.82) is 0 Å². The van der Waals surface area contributed by atoms with E-state index in [4.69, 9.17) is 0 Å². The van der Waals surface area contributed by atoms with Gasteiger partial charge >= 0.3 is 0 Å². The number of nitrogens with one attached hydrogen (secondary N) is 2. The topological polar surface area (TPSA) is 80.8 Å². The number of hydrogen-bond acceptors (Lipinski definition) is 4. The lowest BCUT2D eigenvalue weighted by atomic mass is 9.90. The van der Waals surface area contributed by atoms with Gasteiger partial charge in [0.25, 0.3) is 0 Å². The van der Waals surface area contributed by atoms with Crippen molar-refractivity contribution in [2.45, 2.75) is 25.8 Å². The number of fused-ring (bicyclic) bond motifs is 1. The Kier molecular flexibility index (Phi) is 4.77. The molecule has 29 heavy (non-hydrogen) atoms. The molecule has 1 aliphatic heterocycles. The van der Waals surface area contributed by atoms with E-state index < -0.39 is 0 Å². The lowest BCUT2D eigenvalue weighted by Gasteiger charge is -2.31. The Labute approximate surface area is 169 Å². The van der Waals surface area contributed by atoms with Crippen molar-refractivity contribution in [1.82, 2.24) is 25.1 Å². The van der Waals surface area contributed by atoms with E-state index in [9.17, 15) is 5.11 Å². The first-order valence-corrected chi connectivity index (χ1v) is 10.2. The van der Waals surface area contributed by atoms with Gasteiger partial charge in [-0.1, -0.05) is 30.3 Å². The normalized spacial score (nSPS) is 15.9. The third-order valence-corrected chi connectivity index (χ3v) is 5.84. The van der Waals surface area contributed by atoms with Crippen LogP contribution in [0, 0.1) is 5.92 Å². The van der Waals surface area contributed by atoms with Crippen molar-refractivity contribution < 1.29 is 5.11 Å². The van der Waals surface area contributed by atoms with Gasteiger partial charge in [-0.05, 0) is 68.1 Å². The van der Waals surface area contributed by atoms with Crippen LogP contribution in [0.4, 0.5) is 0 Å². The standard InChI is InChI=1S/C23H25N5O/c29-19-6-7-20-18(13-19)14-21(24-20)23-25-22(26-27-23)15-28-10-8-17(9-11-28)12-16-4-2-1-3-5-16/h1-7,13-14,17,24,29H,8-12,15H2,(H,25,26,27). The Bertz CT molecular complexity index is 1090. The Morgan fingerprint density at radius 1 is 0.966 bits per heavy atom. The van der Waals surface area contributed by atoms with Crippen molar-refractivity contribution in [2.75, 3.05) is 13.1 Å². The van der Waals surface area contributed by atoms with Crippen LogP contribution < -0.4 is 0 Å². The molecule has 2 aromatic heterocycles. The Morgan fingerprint density at radius 3 is 2.62 bits per heavy atom. The number of likely N-dealkylation sites (tertiary alicyclic amines) is 1. The third-order valence-electron chi connectivity index (χ3n) is 5.84. The SMILES string of the molecule is Oc1ccc2[nH]c(-c3nnc(CN4CCC(Cc5ccccc5)CC4)[nH]3)cc2c1. The molecule has 2 aromatic carbocycles. The molecule has 0 spiro atoms. The number of phenolic OH excluding ortho intramolecular Hbond substituents is 1. The zero-order valence-corrected chi connectivity index (χ0v) is 16.3. The minimum atomic E-state index is 0.261. The van der Waals surface area contributed by atoms with Crippen LogP contribution in [0.25, 0.3) is 22.4 Å². The van der Waals surface area contributed by atoms with E-state index in [0.29, 0.717) is 0 Å². The molecule has 3 heterocycles. The van der Waals surface area contributed by atoms with Gasteiger partial charge in [-0.2, -0.15) is 0 Å². The van der Waals surface area contributed by atoms with Gasteiger partial charge in [0, 0.05) is 10.9 Å². The van der Waals surface area contributed by atoms with Crippen LogP contribution in [-0.2, 0) is 13.0 Å². The molecule has 1 aliphatic rings. The molecule has 0 bridgehead atoms. The summed E-state index contributed by atoms with van der Waals surface area (Å²) in [6.07, 6.45) is 3.62. The molecule has 148 valence electrons. The molecule has 6 heteroatoms. The summed E-state index contributed by atoms with van der Waals surface area (Å²) in [7, 11) is 0. The van der Waals surface area contributed by atoms with Crippen LogP contribution in [0.3, 0.4) is 0 Å². The average Bonchev–Trinajstić information content (AvgIpc) is 3.37. The first kappa shape index (κ1) is 17.9. The van der Waals surface area contributed by atoms with Crippen LogP contribution in [0.5, 0.6) is 5.75 Å². The number of phenols is 1. The number of nitrogens with zero attached hydrogens (tertiary/aromatic N) is 3. The predicted octanol–water partition coefficient (Wildman–Crippen LogP) is 4.11. The molecule has 6 nitrogen and oxygen atoms in total. The summed E-state index contributed by atoms with van der Waals surface area (Å²) < 4.78 is 0. The predicted molar refractivity (Wildman–Crippen MR) is 113 cm³/mol. The van der Waals surface area contributed by atoms with E-state index in [-0.39, 0.29) is 5.75 Å². The van der Waals surface area contributed by atoms with Crippen molar-refractivity contribution in [3.8, 4) is 17.3 Å². The summed E-state index contributed by atoms with van der Waals surface area (Å²) in [6.45, 7) is 2.99. The van der Waals surface area contributed by atoms with E-state index in [1.165, 1.54) is 24.8 Å². The summed E-state index contributed by atoms with van der Waals surface area (Å²) >= 11 is 0. The van der Waals surface area contributed by atoms with Crippen LogP contribution in [0.15, 0.2) is 54.6 Å². The first-order chi connectivity index (χ1) is 14.2. The van der Waals surface area contributed by atoms with Crippen molar-refractivity contribution in [2.24, 2.45) is 5.92 Å². The Morgan fingerprint density at radius 2 is 1.79 bits per heavy atom. The quantitative estimate of drug-likeness (QED) is 0.481. The Hall–Kier alpha value is -3.12. The van der Waals surface area contributed by atoms with Gasteiger partial charge in [-0.3, -0.25) is 4.90 Å². The number of H-pyrrole nitrogens is 2. The minimum Gasteiger partial charge on any atom is -0.508 e. The first-order valence-electron chi connectivity index (χ1n) is 10.2. The maximum absolute atomic E-state index is 9.64. The summed E-state index contributed by atoms with van der Waals surface area (Å²) in [6, 6.07) is 18.1. The second kappa shape index (κ2) is 7.72. The molecule has 0 amide bonds. The largest absolute Gasteiger partial charge is 0.508 e. The molecule has 3 N–H and O–H groups in total. The highest BCUT2D eigenvalue weighted by Crippen LogP contribution is 2.26. The van der Waals surface area contributed by atoms with Crippen molar-refractivity contribution in [3.05, 3.63) is 66.0 Å². The highest BCUT2D eigenvalue weighted by atomic mass is 16.3. The maximum Gasteiger partial charge on any atom is 0.177 e. The van der Waals surface area contributed by atoms with E-state index in [0.717, 1.165) is 53.8 Å². The second-order valence-electron chi connectivity index (χ2n) is 7.98. The summed E-state index contributed by atoms with van der Waals surface area (Å²) in [5, 5.41) is 19.3. The van der Waals surface area contributed by atoms with Gasteiger partial charge in [0.05, 0.1) is 12.2 Å². The van der Waals surface area contributed by atoms with Gasteiger partial charge < -0.3 is 15.1 Å². The fraction of sp³-hybridized carbons (Fsp3) is 0.304. The molecule has 0 radical (unpaired) electrons. The van der Waals surface area contributed by atoms with E-state index in [1.54, 1.807) is 12.1 Å². The number of aromatic amines is 2. The zero-order valence-electron chi connectivity index (χ0n) is 16.3. The highest BCUT2D eigenvalue weighted by Gasteiger charge is 2.20. The number of rotatable bonds is 5. The molecule has 5 rings (SSSR count).